The van der Waals surface area contributed by atoms with Crippen LogP contribution in [0.3, 0.4) is 0 Å². The molecule has 1 N–H and O–H groups in total. The maximum atomic E-state index is 5.89. The van der Waals surface area contributed by atoms with Crippen molar-refractivity contribution in [2.24, 2.45) is 0 Å². The zero-order chi connectivity index (χ0) is 23.8. The summed E-state index contributed by atoms with van der Waals surface area (Å²) in [5, 5.41) is 4.23. The molecule has 1 aliphatic heterocycles. The van der Waals surface area contributed by atoms with Gasteiger partial charge in [0.1, 0.15) is 5.75 Å². The monoisotopic (exact) mass is 468 g/mol. The Labute approximate surface area is 206 Å². The minimum atomic E-state index is -0.0919. The third-order valence-electron chi connectivity index (χ3n) is 6.57. The summed E-state index contributed by atoms with van der Waals surface area (Å²) in [5.74, 6) is 0.797. The van der Waals surface area contributed by atoms with Gasteiger partial charge in [0, 0.05) is 35.0 Å². The highest BCUT2D eigenvalue weighted by Gasteiger charge is 2.42. The molecule has 5 nitrogen and oxygen atoms in total. The van der Waals surface area contributed by atoms with Crippen molar-refractivity contribution in [1.82, 2.24) is 14.9 Å². The fourth-order valence-corrected chi connectivity index (χ4v) is 5.33. The molecular formula is C28H28N4OS. The van der Waals surface area contributed by atoms with Gasteiger partial charge in [-0.25, -0.2) is 0 Å². The van der Waals surface area contributed by atoms with E-state index in [0.29, 0.717) is 5.11 Å². The first kappa shape index (κ1) is 22.2. The predicted octanol–water partition coefficient (Wildman–Crippen LogP) is 5.98. The maximum Gasteiger partial charge on any atom is 0.174 e. The van der Waals surface area contributed by atoms with E-state index in [9.17, 15) is 0 Å². The number of para-hydroxylation sites is 1. The number of nitrogens with zero attached hydrogens (tertiary/aromatic N) is 3. The molecule has 0 unspecified atom stereocenters. The molecule has 0 radical (unpaired) electrons. The van der Waals surface area contributed by atoms with E-state index in [-0.39, 0.29) is 12.1 Å². The van der Waals surface area contributed by atoms with Crippen molar-refractivity contribution in [1.29, 1.82) is 0 Å². The van der Waals surface area contributed by atoms with Crippen LogP contribution in [0.5, 0.6) is 5.75 Å². The number of thiocarbonyl (C=S) groups is 1. The highest BCUT2D eigenvalue weighted by Crippen LogP contribution is 2.44. The van der Waals surface area contributed by atoms with Crippen LogP contribution >= 0.6 is 12.2 Å². The lowest BCUT2D eigenvalue weighted by molar-refractivity contribution is 0.415. The molecule has 4 aromatic rings. The Kier molecular flexibility index (Phi) is 5.84. The van der Waals surface area contributed by atoms with Crippen LogP contribution < -0.4 is 15.0 Å². The first-order valence-corrected chi connectivity index (χ1v) is 11.8. The van der Waals surface area contributed by atoms with Crippen LogP contribution in [-0.4, -0.2) is 21.8 Å². The molecule has 2 aromatic carbocycles. The molecule has 34 heavy (non-hydrogen) atoms. The second-order valence-electron chi connectivity index (χ2n) is 8.65. The first-order valence-electron chi connectivity index (χ1n) is 11.4. The summed E-state index contributed by atoms with van der Waals surface area (Å²) in [6, 6.07) is 24.7. The van der Waals surface area contributed by atoms with E-state index >= 15 is 0 Å². The Hall–Kier alpha value is -3.64. The summed E-state index contributed by atoms with van der Waals surface area (Å²) < 4.78 is 7.85. The lowest BCUT2D eigenvalue weighted by Crippen LogP contribution is -2.29. The fraction of sp³-hybridized carbons (Fsp3) is 0.214. The summed E-state index contributed by atoms with van der Waals surface area (Å²) in [6.45, 7) is 6.50. The van der Waals surface area contributed by atoms with Gasteiger partial charge in [-0.05, 0) is 80.5 Å². The van der Waals surface area contributed by atoms with Crippen molar-refractivity contribution in [3.8, 4) is 11.4 Å². The van der Waals surface area contributed by atoms with Crippen molar-refractivity contribution in [2.75, 3.05) is 12.0 Å². The smallest absolute Gasteiger partial charge is 0.174 e. The number of rotatable bonds is 5. The molecular weight excluding hydrogens is 440 g/mol. The van der Waals surface area contributed by atoms with Gasteiger partial charge in [-0.15, -0.1) is 0 Å². The number of hydrogen-bond donors (Lipinski definition) is 1. The molecule has 2 aromatic heterocycles. The number of aryl methyl sites for hydroxylation is 2. The lowest BCUT2D eigenvalue weighted by atomic mass is 9.96. The molecule has 0 saturated carbocycles. The Morgan fingerprint density at radius 3 is 2.47 bits per heavy atom. The zero-order valence-corrected chi connectivity index (χ0v) is 20.6. The van der Waals surface area contributed by atoms with Gasteiger partial charge < -0.3 is 19.5 Å². The van der Waals surface area contributed by atoms with Crippen molar-refractivity contribution < 1.29 is 4.74 Å². The van der Waals surface area contributed by atoms with Gasteiger partial charge in [-0.1, -0.05) is 30.3 Å². The van der Waals surface area contributed by atoms with Crippen molar-refractivity contribution in [3.05, 3.63) is 107 Å². The van der Waals surface area contributed by atoms with Crippen LogP contribution in [0.4, 0.5) is 5.69 Å². The number of anilines is 1. The lowest BCUT2D eigenvalue weighted by Gasteiger charge is -2.28. The maximum absolute atomic E-state index is 5.89. The number of pyridine rings is 1. The third-order valence-corrected chi connectivity index (χ3v) is 6.89. The van der Waals surface area contributed by atoms with Gasteiger partial charge >= 0.3 is 0 Å². The van der Waals surface area contributed by atoms with E-state index in [0.717, 1.165) is 17.1 Å². The third kappa shape index (κ3) is 3.74. The average Bonchev–Trinajstić information content (AvgIpc) is 3.35. The number of hydrogen-bond acceptors (Lipinski definition) is 3. The van der Waals surface area contributed by atoms with E-state index in [2.05, 4.69) is 83.0 Å². The average molecular weight is 469 g/mol. The second-order valence-corrected chi connectivity index (χ2v) is 9.03. The summed E-state index contributed by atoms with van der Waals surface area (Å²) in [4.78, 5) is 6.88. The highest BCUT2D eigenvalue weighted by molar-refractivity contribution is 7.80. The number of ether oxygens (including phenoxy) is 1. The van der Waals surface area contributed by atoms with Crippen LogP contribution in [-0.2, 0) is 0 Å². The SMILES string of the molecule is COc1cccc(N2C(=S)N[C@H](c3ccccn3)[C@H]2c2cc(C)n(-c3ccccc3C)c2C)c1. The molecule has 6 heteroatoms. The van der Waals surface area contributed by atoms with Gasteiger partial charge in [-0.3, -0.25) is 4.98 Å². The van der Waals surface area contributed by atoms with E-state index in [1.54, 1.807) is 7.11 Å². The zero-order valence-electron chi connectivity index (χ0n) is 19.8. The minimum absolute atomic E-state index is 0.0709. The van der Waals surface area contributed by atoms with Crippen LogP contribution in [0.15, 0.2) is 79.0 Å². The first-order chi connectivity index (χ1) is 16.5. The van der Waals surface area contributed by atoms with Crippen LogP contribution in [0, 0.1) is 20.8 Å². The summed E-state index contributed by atoms with van der Waals surface area (Å²) in [5.41, 5.74) is 7.97. The van der Waals surface area contributed by atoms with Gasteiger partial charge in [0.15, 0.2) is 5.11 Å². The topological polar surface area (TPSA) is 42.3 Å². The molecule has 2 atom stereocenters. The van der Waals surface area contributed by atoms with E-state index in [1.165, 1.54) is 28.2 Å². The van der Waals surface area contributed by atoms with Crippen molar-refractivity contribution in [3.63, 3.8) is 0 Å². The van der Waals surface area contributed by atoms with E-state index < -0.39 is 0 Å². The quantitative estimate of drug-likeness (QED) is 0.365. The Balaban J connectivity index is 1.70. The Morgan fingerprint density at radius 1 is 0.941 bits per heavy atom. The van der Waals surface area contributed by atoms with E-state index in [4.69, 9.17) is 17.0 Å². The number of aromatic nitrogens is 2. The second kappa shape index (κ2) is 8.95. The molecule has 3 heterocycles. The summed E-state index contributed by atoms with van der Waals surface area (Å²) in [7, 11) is 1.68. The fourth-order valence-electron chi connectivity index (χ4n) is 4.98. The van der Waals surface area contributed by atoms with Gasteiger partial charge in [0.25, 0.3) is 0 Å². The predicted molar refractivity (Wildman–Crippen MR) is 141 cm³/mol. The van der Waals surface area contributed by atoms with Crippen LogP contribution in [0.1, 0.15) is 40.3 Å². The van der Waals surface area contributed by atoms with Crippen LogP contribution in [0.2, 0.25) is 0 Å². The Morgan fingerprint density at radius 2 is 1.74 bits per heavy atom. The van der Waals surface area contributed by atoms with Gasteiger partial charge in [-0.2, -0.15) is 0 Å². The summed E-state index contributed by atoms with van der Waals surface area (Å²) in [6.07, 6.45) is 1.84. The molecule has 0 spiro atoms. The van der Waals surface area contributed by atoms with Crippen molar-refractivity contribution >= 4 is 23.0 Å². The molecule has 1 aliphatic rings. The van der Waals surface area contributed by atoms with Gasteiger partial charge in [0.05, 0.1) is 24.9 Å². The molecule has 172 valence electrons. The molecule has 5 rings (SSSR count). The standard InChI is InChI=1S/C28H28N4OS/c1-18-10-5-6-14-25(18)31-19(2)16-23(20(31)3)27-26(24-13-7-8-15-29-24)30-28(34)32(27)21-11-9-12-22(17-21)33-4/h5-17,26-27H,1-4H3,(H,30,34)/t26-,27-/m1/s1. The molecule has 0 bridgehead atoms. The highest BCUT2D eigenvalue weighted by atomic mass is 32.1. The van der Waals surface area contributed by atoms with Crippen LogP contribution in [0.25, 0.3) is 5.69 Å². The van der Waals surface area contributed by atoms with Gasteiger partial charge in [0.2, 0.25) is 0 Å². The largest absolute Gasteiger partial charge is 0.497 e. The Bertz CT molecular complexity index is 1350. The normalized spacial score (nSPS) is 17.6. The molecule has 0 aliphatic carbocycles. The molecule has 1 saturated heterocycles. The molecule has 0 amide bonds. The number of methoxy groups -OCH3 is 1. The summed E-state index contributed by atoms with van der Waals surface area (Å²) >= 11 is 5.89. The van der Waals surface area contributed by atoms with E-state index in [1.807, 2.05) is 36.5 Å². The van der Waals surface area contributed by atoms with Crippen molar-refractivity contribution in [2.45, 2.75) is 32.9 Å². The molecule has 1 fully saturated rings. The number of benzene rings is 2. The number of nitrogens with one attached hydrogen (secondary N) is 1. The minimum Gasteiger partial charge on any atom is -0.497 e.